The van der Waals surface area contributed by atoms with Gasteiger partial charge in [-0.1, -0.05) is 37.3 Å². The SMILES string of the molecule is C[C@H]1OC(=O)[C@]2(S(C)(=O)=O)CC(F)(F)[C@@H](C)[C@H](/C=C/c3ccc(-c4ccccc4C#N)cn3)[C@H]12. The van der Waals surface area contributed by atoms with Crippen LogP contribution >= 0.6 is 0 Å². The summed E-state index contributed by atoms with van der Waals surface area (Å²) < 4.78 is 58.4. The molecule has 6 nitrogen and oxygen atoms in total. The van der Waals surface area contributed by atoms with E-state index in [0.717, 1.165) is 17.4 Å². The zero-order valence-electron chi connectivity index (χ0n) is 18.9. The van der Waals surface area contributed by atoms with Gasteiger partial charge in [0, 0.05) is 41.8 Å². The zero-order chi connectivity index (χ0) is 24.9. The molecule has 1 saturated carbocycles. The summed E-state index contributed by atoms with van der Waals surface area (Å²) in [4.78, 5) is 17.0. The molecular weight excluding hydrogens is 462 g/mol. The number of nitriles is 1. The number of sulfone groups is 1. The van der Waals surface area contributed by atoms with Gasteiger partial charge in [-0.25, -0.2) is 17.2 Å². The van der Waals surface area contributed by atoms with E-state index in [1.54, 1.807) is 49.5 Å². The van der Waals surface area contributed by atoms with Gasteiger partial charge < -0.3 is 4.74 Å². The third kappa shape index (κ3) is 3.70. The van der Waals surface area contributed by atoms with E-state index >= 15 is 8.78 Å². The van der Waals surface area contributed by atoms with Crippen molar-refractivity contribution in [3.63, 3.8) is 0 Å². The summed E-state index contributed by atoms with van der Waals surface area (Å²) in [7, 11) is -4.19. The first-order chi connectivity index (χ1) is 15.9. The normalized spacial score (nSPS) is 30.5. The maximum Gasteiger partial charge on any atom is 0.328 e. The molecular formula is C25H24F2N2O4S. The maximum absolute atomic E-state index is 15.1. The molecule has 178 valence electrons. The quantitative estimate of drug-likeness (QED) is 0.599. The molecule has 0 unspecified atom stereocenters. The van der Waals surface area contributed by atoms with Crippen molar-refractivity contribution in [2.24, 2.45) is 17.8 Å². The minimum atomic E-state index is -4.19. The molecule has 1 aliphatic carbocycles. The molecule has 0 amide bonds. The number of fused-ring (bicyclic) bond motifs is 1. The molecule has 1 aliphatic heterocycles. The highest BCUT2D eigenvalue weighted by atomic mass is 32.2. The first kappa shape index (κ1) is 24.0. The van der Waals surface area contributed by atoms with E-state index in [-0.39, 0.29) is 0 Å². The Morgan fingerprint density at radius 1 is 1.21 bits per heavy atom. The van der Waals surface area contributed by atoms with Gasteiger partial charge >= 0.3 is 5.97 Å². The van der Waals surface area contributed by atoms with Crippen LogP contribution in [-0.4, -0.2) is 42.4 Å². The van der Waals surface area contributed by atoms with Crippen LogP contribution in [0.25, 0.3) is 17.2 Å². The first-order valence-corrected chi connectivity index (χ1v) is 12.7. The van der Waals surface area contributed by atoms with Crippen molar-refractivity contribution in [2.75, 3.05) is 6.26 Å². The van der Waals surface area contributed by atoms with Gasteiger partial charge in [-0.05, 0) is 31.1 Å². The lowest BCUT2D eigenvalue weighted by Crippen LogP contribution is -2.61. The number of aromatic nitrogens is 1. The predicted molar refractivity (Wildman–Crippen MR) is 122 cm³/mol. The number of hydrogen-bond donors (Lipinski definition) is 0. The molecule has 34 heavy (non-hydrogen) atoms. The standard InChI is InChI=1S/C25H24F2N2O4S/c1-15-20(22-16(2)33-23(30)24(22,34(3,31)32)14-25(15,26)27)11-10-19-9-8-18(13-29-19)21-7-5-4-6-17(21)12-28/h4-11,13,15-16,20,22H,14H2,1-3H3/b11-10+/t15-,16+,20-,22-,24-/m0/s1. The van der Waals surface area contributed by atoms with Crippen LogP contribution in [0, 0.1) is 29.1 Å². The van der Waals surface area contributed by atoms with Gasteiger partial charge in [-0.15, -0.1) is 0 Å². The van der Waals surface area contributed by atoms with Gasteiger partial charge in [0.15, 0.2) is 14.6 Å². The van der Waals surface area contributed by atoms with Crippen LogP contribution in [0.15, 0.2) is 48.7 Å². The Morgan fingerprint density at radius 3 is 2.53 bits per heavy atom. The number of carbonyl (C=O) groups is 1. The van der Waals surface area contributed by atoms with Gasteiger partial charge in [0.05, 0.1) is 17.3 Å². The molecule has 1 saturated heterocycles. The predicted octanol–water partition coefficient (Wildman–Crippen LogP) is 4.27. The second kappa shape index (κ2) is 8.27. The van der Waals surface area contributed by atoms with Crippen LogP contribution in [0.4, 0.5) is 8.78 Å². The van der Waals surface area contributed by atoms with Crippen LogP contribution in [0.3, 0.4) is 0 Å². The summed E-state index contributed by atoms with van der Waals surface area (Å²) in [6.45, 7) is 2.91. The van der Waals surface area contributed by atoms with E-state index in [4.69, 9.17) is 4.74 Å². The van der Waals surface area contributed by atoms with Crippen LogP contribution in [0.2, 0.25) is 0 Å². The van der Waals surface area contributed by atoms with Gasteiger partial charge in [-0.3, -0.25) is 9.78 Å². The average Bonchev–Trinajstić information content (AvgIpc) is 3.04. The summed E-state index contributed by atoms with van der Waals surface area (Å²) in [5.41, 5.74) is 2.43. The van der Waals surface area contributed by atoms with Crippen molar-refractivity contribution in [1.82, 2.24) is 4.98 Å². The number of hydrogen-bond acceptors (Lipinski definition) is 6. The van der Waals surface area contributed by atoms with Gasteiger partial charge in [0.1, 0.15) is 6.10 Å². The number of allylic oxidation sites excluding steroid dienone is 1. The van der Waals surface area contributed by atoms with E-state index in [9.17, 15) is 18.5 Å². The minimum Gasteiger partial charge on any atom is -0.461 e. The molecule has 9 heteroatoms. The fourth-order valence-electron chi connectivity index (χ4n) is 5.30. The lowest BCUT2D eigenvalue weighted by atomic mass is 9.64. The highest BCUT2D eigenvalue weighted by Crippen LogP contribution is 2.57. The number of halogens is 2. The Bertz CT molecular complexity index is 1300. The number of esters is 1. The van der Waals surface area contributed by atoms with Crippen molar-refractivity contribution >= 4 is 21.9 Å². The van der Waals surface area contributed by atoms with Crippen LogP contribution < -0.4 is 0 Å². The number of pyridine rings is 1. The van der Waals surface area contributed by atoms with E-state index in [1.807, 2.05) is 6.07 Å². The molecule has 5 atom stereocenters. The molecule has 0 N–H and O–H groups in total. The van der Waals surface area contributed by atoms with Crippen molar-refractivity contribution in [2.45, 2.75) is 37.0 Å². The number of alkyl halides is 2. The lowest BCUT2D eigenvalue weighted by molar-refractivity contribution is -0.148. The number of ether oxygens (including phenoxy) is 1. The van der Waals surface area contributed by atoms with E-state index in [1.165, 1.54) is 13.0 Å². The Morgan fingerprint density at radius 2 is 1.91 bits per heavy atom. The number of rotatable bonds is 4. The topological polar surface area (TPSA) is 97.1 Å². The second-order valence-electron chi connectivity index (χ2n) is 9.09. The average molecular weight is 487 g/mol. The number of cyclic esters (lactones) is 1. The Labute approximate surface area is 197 Å². The highest BCUT2D eigenvalue weighted by Gasteiger charge is 2.72. The molecule has 1 aromatic heterocycles. The summed E-state index contributed by atoms with van der Waals surface area (Å²) in [6.07, 6.45) is 3.58. The Balaban J connectivity index is 1.70. The molecule has 0 bridgehead atoms. The zero-order valence-corrected chi connectivity index (χ0v) is 19.7. The minimum absolute atomic E-state index is 0.474. The summed E-state index contributed by atoms with van der Waals surface area (Å²) in [6, 6.07) is 12.7. The largest absolute Gasteiger partial charge is 0.461 e. The first-order valence-electron chi connectivity index (χ1n) is 10.8. The molecule has 1 aromatic carbocycles. The molecule has 0 radical (unpaired) electrons. The van der Waals surface area contributed by atoms with Crippen molar-refractivity contribution < 1.29 is 26.7 Å². The van der Waals surface area contributed by atoms with E-state index < -0.39 is 56.8 Å². The van der Waals surface area contributed by atoms with E-state index in [2.05, 4.69) is 11.1 Å². The van der Waals surface area contributed by atoms with Crippen molar-refractivity contribution in [3.8, 4) is 17.2 Å². The number of benzene rings is 1. The molecule has 4 rings (SSSR count). The maximum atomic E-state index is 15.1. The third-order valence-electron chi connectivity index (χ3n) is 7.13. The van der Waals surface area contributed by atoms with Crippen LogP contribution in [0.1, 0.15) is 31.5 Å². The van der Waals surface area contributed by atoms with Crippen molar-refractivity contribution in [3.05, 3.63) is 59.9 Å². The van der Waals surface area contributed by atoms with Gasteiger partial charge in [-0.2, -0.15) is 5.26 Å². The molecule has 0 spiro atoms. The van der Waals surface area contributed by atoms with Gasteiger partial charge in [0.2, 0.25) is 0 Å². The Kier molecular flexibility index (Phi) is 5.85. The molecule has 2 aliphatic rings. The third-order valence-corrected chi connectivity index (χ3v) is 9.04. The second-order valence-corrected chi connectivity index (χ2v) is 11.4. The van der Waals surface area contributed by atoms with Crippen LogP contribution in [0.5, 0.6) is 0 Å². The fourth-order valence-corrected chi connectivity index (χ4v) is 6.94. The van der Waals surface area contributed by atoms with E-state index in [0.29, 0.717) is 11.3 Å². The molecule has 2 aromatic rings. The number of nitrogens with zero attached hydrogens (tertiary/aromatic N) is 2. The summed E-state index contributed by atoms with van der Waals surface area (Å²) >= 11 is 0. The number of carbonyl (C=O) groups excluding carboxylic acids is 1. The molecule has 2 fully saturated rings. The van der Waals surface area contributed by atoms with Crippen LogP contribution in [-0.2, 0) is 19.4 Å². The summed E-state index contributed by atoms with van der Waals surface area (Å²) in [5.74, 6) is -7.56. The Hall–Kier alpha value is -3.12. The van der Waals surface area contributed by atoms with Gasteiger partial charge in [0.25, 0.3) is 5.92 Å². The molecule has 2 heterocycles. The summed E-state index contributed by atoms with van der Waals surface area (Å²) in [5, 5.41) is 9.30. The lowest BCUT2D eigenvalue weighted by Gasteiger charge is -2.46. The fraction of sp³-hybridized carbons (Fsp3) is 0.400. The monoisotopic (exact) mass is 486 g/mol. The smallest absolute Gasteiger partial charge is 0.328 e. The van der Waals surface area contributed by atoms with Crippen molar-refractivity contribution in [1.29, 1.82) is 5.26 Å². The highest BCUT2D eigenvalue weighted by molar-refractivity contribution is 7.92.